The van der Waals surface area contributed by atoms with Crippen molar-refractivity contribution < 1.29 is 19.2 Å². The quantitative estimate of drug-likeness (QED) is 0.562. The Morgan fingerprint density at radius 2 is 1.83 bits per heavy atom. The van der Waals surface area contributed by atoms with E-state index in [2.05, 4.69) is 18.2 Å². The van der Waals surface area contributed by atoms with Gasteiger partial charge in [0.05, 0.1) is 50.1 Å². The molecule has 30 heavy (non-hydrogen) atoms. The number of carbonyl (C=O) groups is 1. The van der Waals surface area contributed by atoms with E-state index in [4.69, 9.17) is 14.5 Å². The molecule has 0 aliphatic carbocycles. The fraction of sp³-hybridized carbons (Fsp3) is 0.391. The van der Waals surface area contributed by atoms with E-state index in [9.17, 15) is 4.79 Å². The van der Waals surface area contributed by atoms with Gasteiger partial charge in [0.2, 0.25) is 5.91 Å². The average molecular weight is 427 g/mol. The standard InChI is InChI=1S/C23H27N3O3S/c1-28-18-8-10-19(11-9-18)29-16-4-7-23(27)26-14-12-25(13-15-26)17-22-24-20-5-2-3-6-21(20)30-22/h2-3,5-6,8-11H,4,7,12-17H2,1H3/p+1. The molecule has 3 aromatic rings. The highest BCUT2D eigenvalue weighted by Crippen LogP contribution is 2.21. The molecule has 0 saturated carbocycles. The number of thiazole rings is 1. The summed E-state index contributed by atoms with van der Waals surface area (Å²) >= 11 is 1.78. The van der Waals surface area contributed by atoms with Gasteiger partial charge in [0.15, 0.2) is 0 Å². The number of piperazine rings is 1. The Morgan fingerprint density at radius 1 is 1.10 bits per heavy atom. The van der Waals surface area contributed by atoms with Crippen LogP contribution in [0.2, 0.25) is 0 Å². The average Bonchev–Trinajstić information content (AvgIpc) is 3.20. The van der Waals surface area contributed by atoms with Gasteiger partial charge >= 0.3 is 0 Å². The highest BCUT2D eigenvalue weighted by atomic mass is 32.1. The number of ether oxygens (including phenoxy) is 2. The number of methoxy groups -OCH3 is 1. The van der Waals surface area contributed by atoms with Crippen LogP contribution in [0.25, 0.3) is 10.2 Å². The summed E-state index contributed by atoms with van der Waals surface area (Å²) in [7, 11) is 1.64. The summed E-state index contributed by atoms with van der Waals surface area (Å²) in [5, 5.41) is 1.18. The van der Waals surface area contributed by atoms with Crippen molar-refractivity contribution in [2.24, 2.45) is 0 Å². The largest absolute Gasteiger partial charge is 0.497 e. The molecule has 1 fully saturated rings. The van der Waals surface area contributed by atoms with E-state index in [1.54, 1.807) is 18.4 Å². The molecule has 2 aromatic carbocycles. The summed E-state index contributed by atoms with van der Waals surface area (Å²) in [4.78, 5) is 20.7. The molecule has 0 atom stereocenters. The first-order chi connectivity index (χ1) is 14.7. The predicted molar refractivity (Wildman–Crippen MR) is 118 cm³/mol. The Morgan fingerprint density at radius 3 is 2.57 bits per heavy atom. The van der Waals surface area contributed by atoms with Crippen molar-refractivity contribution in [2.75, 3.05) is 39.9 Å². The first kappa shape index (κ1) is 20.6. The van der Waals surface area contributed by atoms with Crippen LogP contribution >= 0.6 is 11.3 Å². The van der Waals surface area contributed by atoms with Crippen molar-refractivity contribution in [1.29, 1.82) is 0 Å². The van der Waals surface area contributed by atoms with E-state index in [1.165, 1.54) is 14.6 Å². The topological polar surface area (TPSA) is 56.1 Å². The Labute approximate surface area is 181 Å². The molecular weight excluding hydrogens is 398 g/mol. The fourth-order valence-electron chi connectivity index (χ4n) is 3.70. The zero-order valence-electron chi connectivity index (χ0n) is 17.3. The first-order valence-electron chi connectivity index (χ1n) is 10.4. The van der Waals surface area contributed by atoms with E-state index in [0.29, 0.717) is 13.0 Å². The molecular formula is C23H28N3O3S+. The molecule has 0 spiro atoms. The van der Waals surface area contributed by atoms with Crippen LogP contribution in [-0.2, 0) is 11.3 Å². The van der Waals surface area contributed by atoms with Crippen LogP contribution < -0.4 is 14.4 Å². The van der Waals surface area contributed by atoms with Crippen LogP contribution in [0.5, 0.6) is 11.5 Å². The predicted octanol–water partition coefficient (Wildman–Crippen LogP) is 2.39. The number of nitrogens with one attached hydrogen (secondary N) is 1. The van der Waals surface area contributed by atoms with Gasteiger partial charge in [0.1, 0.15) is 23.1 Å². The summed E-state index contributed by atoms with van der Waals surface area (Å²) < 4.78 is 12.1. The van der Waals surface area contributed by atoms with Gasteiger partial charge in [0, 0.05) is 6.42 Å². The molecule has 6 nitrogen and oxygen atoms in total. The lowest BCUT2D eigenvalue weighted by atomic mass is 10.2. The molecule has 7 heteroatoms. The number of amides is 1. The third kappa shape index (κ3) is 5.29. The molecule has 158 valence electrons. The van der Waals surface area contributed by atoms with E-state index in [1.807, 2.05) is 35.2 Å². The van der Waals surface area contributed by atoms with Gasteiger partial charge in [-0.1, -0.05) is 12.1 Å². The lowest BCUT2D eigenvalue weighted by molar-refractivity contribution is -0.917. The van der Waals surface area contributed by atoms with Gasteiger partial charge < -0.3 is 19.3 Å². The number of rotatable bonds is 8. The zero-order valence-corrected chi connectivity index (χ0v) is 18.1. The lowest BCUT2D eigenvalue weighted by Gasteiger charge is -2.31. The molecule has 1 N–H and O–H groups in total. The van der Waals surface area contributed by atoms with Gasteiger partial charge in [-0.25, -0.2) is 4.98 Å². The molecule has 1 amide bonds. The van der Waals surface area contributed by atoms with Crippen molar-refractivity contribution in [3.63, 3.8) is 0 Å². The molecule has 1 aromatic heterocycles. The molecule has 4 rings (SSSR count). The Balaban J connectivity index is 1.16. The number of fused-ring (bicyclic) bond motifs is 1. The summed E-state index contributed by atoms with van der Waals surface area (Å²) in [6.45, 7) is 5.07. The van der Waals surface area contributed by atoms with E-state index < -0.39 is 0 Å². The smallest absolute Gasteiger partial charge is 0.223 e. The lowest BCUT2D eigenvalue weighted by Crippen LogP contribution is -3.13. The molecule has 0 radical (unpaired) electrons. The maximum atomic E-state index is 12.5. The van der Waals surface area contributed by atoms with Crippen LogP contribution in [0.15, 0.2) is 48.5 Å². The SMILES string of the molecule is COc1ccc(OCCCC(=O)N2CC[NH+](Cc3nc4ccccc4s3)CC2)cc1. The summed E-state index contributed by atoms with van der Waals surface area (Å²) in [5.74, 6) is 1.84. The first-order valence-corrected chi connectivity index (χ1v) is 11.3. The van der Waals surface area contributed by atoms with Crippen molar-refractivity contribution in [3.8, 4) is 11.5 Å². The minimum atomic E-state index is 0.229. The maximum absolute atomic E-state index is 12.5. The highest BCUT2D eigenvalue weighted by molar-refractivity contribution is 7.18. The van der Waals surface area contributed by atoms with Gasteiger partial charge in [-0.2, -0.15) is 0 Å². The number of carbonyl (C=O) groups excluding carboxylic acids is 1. The Bertz CT molecular complexity index is 932. The normalized spacial score (nSPS) is 14.8. The van der Waals surface area contributed by atoms with E-state index >= 15 is 0 Å². The second-order valence-corrected chi connectivity index (χ2v) is 8.63. The van der Waals surface area contributed by atoms with Crippen molar-refractivity contribution in [2.45, 2.75) is 19.4 Å². The number of hydrogen-bond donors (Lipinski definition) is 1. The third-order valence-electron chi connectivity index (χ3n) is 5.43. The van der Waals surface area contributed by atoms with Crippen LogP contribution in [-0.4, -0.2) is 55.7 Å². The number of aromatic nitrogens is 1. The van der Waals surface area contributed by atoms with Crippen molar-refractivity contribution in [1.82, 2.24) is 9.88 Å². The van der Waals surface area contributed by atoms with E-state index in [0.717, 1.165) is 56.2 Å². The minimum Gasteiger partial charge on any atom is -0.497 e. The van der Waals surface area contributed by atoms with Gasteiger partial charge in [0.25, 0.3) is 0 Å². The Hall–Kier alpha value is -2.64. The van der Waals surface area contributed by atoms with Crippen molar-refractivity contribution >= 4 is 27.5 Å². The molecule has 2 heterocycles. The maximum Gasteiger partial charge on any atom is 0.223 e. The summed E-state index contributed by atoms with van der Waals surface area (Å²) in [5.41, 5.74) is 1.09. The number of benzene rings is 2. The van der Waals surface area contributed by atoms with Crippen LogP contribution in [0.4, 0.5) is 0 Å². The number of hydrogen-bond acceptors (Lipinski definition) is 5. The fourth-order valence-corrected chi connectivity index (χ4v) is 4.74. The number of quaternary nitrogens is 1. The van der Waals surface area contributed by atoms with Crippen LogP contribution in [0, 0.1) is 0 Å². The van der Waals surface area contributed by atoms with Gasteiger partial charge in [-0.3, -0.25) is 4.79 Å². The molecule has 1 aliphatic heterocycles. The van der Waals surface area contributed by atoms with Gasteiger partial charge in [-0.05, 0) is 42.8 Å². The highest BCUT2D eigenvalue weighted by Gasteiger charge is 2.24. The molecule has 1 aliphatic rings. The number of para-hydroxylation sites is 1. The van der Waals surface area contributed by atoms with E-state index in [-0.39, 0.29) is 5.91 Å². The molecule has 0 bridgehead atoms. The minimum absolute atomic E-state index is 0.229. The van der Waals surface area contributed by atoms with Crippen molar-refractivity contribution in [3.05, 3.63) is 53.5 Å². The summed E-state index contributed by atoms with van der Waals surface area (Å²) in [6, 6.07) is 15.8. The second-order valence-electron chi connectivity index (χ2n) is 7.51. The number of nitrogens with zero attached hydrogens (tertiary/aromatic N) is 2. The Kier molecular flexibility index (Phi) is 6.81. The third-order valence-corrected chi connectivity index (χ3v) is 6.46. The summed E-state index contributed by atoms with van der Waals surface area (Å²) in [6.07, 6.45) is 1.26. The molecule has 1 saturated heterocycles. The van der Waals surface area contributed by atoms with Crippen LogP contribution in [0.1, 0.15) is 17.8 Å². The molecule has 0 unspecified atom stereocenters. The zero-order chi connectivity index (χ0) is 20.8. The monoisotopic (exact) mass is 426 g/mol. The van der Waals surface area contributed by atoms with Crippen LogP contribution in [0.3, 0.4) is 0 Å². The van der Waals surface area contributed by atoms with Gasteiger partial charge in [-0.15, -0.1) is 11.3 Å². The second kappa shape index (κ2) is 9.91.